The SMILES string of the molecule is CCC(NC(=O)C1CCN(Cc2ccccc2F)CC1)c1ccccc1. The highest BCUT2D eigenvalue weighted by molar-refractivity contribution is 5.79. The molecular formula is C22H27FN2O. The van der Waals surface area contributed by atoms with Gasteiger partial charge in [-0.05, 0) is 44.0 Å². The Morgan fingerprint density at radius 3 is 2.42 bits per heavy atom. The van der Waals surface area contributed by atoms with E-state index in [9.17, 15) is 9.18 Å². The van der Waals surface area contributed by atoms with E-state index in [0.717, 1.165) is 43.5 Å². The number of amides is 1. The lowest BCUT2D eigenvalue weighted by Gasteiger charge is -2.32. The summed E-state index contributed by atoms with van der Waals surface area (Å²) in [7, 11) is 0. The molecule has 26 heavy (non-hydrogen) atoms. The van der Waals surface area contributed by atoms with Crippen LogP contribution >= 0.6 is 0 Å². The number of hydrogen-bond acceptors (Lipinski definition) is 2. The van der Waals surface area contributed by atoms with Crippen molar-refractivity contribution in [3.8, 4) is 0 Å². The van der Waals surface area contributed by atoms with Crippen LogP contribution in [0.25, 0.3) is 0 Å². The number of nitrogens with one attached hydrogen (secondary N) is 1. The molecule has 1 heterocycles. The lowest BCUT2D eigenvalue weighted by molar-refractivity contribution is -0.127. The van der Waals surface area contributed by atoms with Crippen LogP contribution in [0.1, 0.15) is 43.4 Å². The second-order valence-electron chi connectivity index (χ2n) is 7.02. The van der Waals surface area contributed by atoms with Gasteiger partial charge in [-0.2, -0.15) is 0 Å². The number of nitrogens with zero attached hydrogens (tertiary/aromatic N) is 1. The fraction of sp³-hybridized carbons (Fsp3) is 0.409. The van der Waals surface area contributed by atoms with E-state index in [1.54, 1.807) is 6.07 Å². The smallest absolute Gasteiger partial charge is 0.223 e. The van der Waals surface area contributed by atoms with Crippen LogP contribution in [0.5, 0.6) is 0 Å². The molecular weight excluding hydrogens is 327 g/mol. The van der Waals surface area contributed by atoms with Gasteiger partial charge in [0.2, 0.25) is 5.91 Å². The molecule has 1 fully saturated rings. The third-order valence-corrected chi connectivity index (χ3v) is 5.24. The molecule has 0 radical (unpaired) electrons. The van der Waals surface area contributed by atoms with Crippen molar-refractivity contribution < 1.29 is 9.18 Å². The zero-order valence-corrected chi connectivity index (χ0v) is 15.3. The van der Waals surface area contributed by atoms with Crippen molar-refractivity contribution in [3.63, 3.8) is 0 Å². The van der Waals surface area contributed by atoms with Crippen molar-refractivity contribution in [3.05, 3.63) is 71.5 Å². The van der Waals surface area contributed by atoms with Crippen LogP contribution < -0.4 is 5.32 Å². The Kier molecular flexibility index (Phi) is 6.40. The molecule has 2 aromatic rings. The van der Waals surface area contributed by atoms with Gasteiger partial charge >= 0.3 is 0 Å². The van der Waals surface area contributed by atoms with Gasteiger partial charge in [0.1, 0.15) is 5.82 Å². The summed E-state index contributed by atoms with van der Waals surface area (Å²) in [6.45, 7) is 4.36. The van der Waals surface area contributed by atoms with Crippen LogP contribution in [-0.4, -0.2) is 23.9 Å². The van der Waals surface area contributed by atoms with Crippen LogP contribution in [-0.2, 0) is 11.3 Å². The van der Waals surface area contributed by atoms with E-state index in [0.29, 0.717) is 6.54 Å². The molecule has 0 spiro atoms. The third-order valence-electron chi connectivity index (χ3n) is 5.24. The van der Waals surface area contributed by atoms with E-state index < -0.39 is 0 Å². The Bertz CT molecular complexity index is 711. The molecule has 1 amide bonds. The van der Waals surface area contributed by atoms with E-state index in [-0.39, 0.29) is 23.7 Å². The van der Waals surface area contributed by atoms with E-state index >= 15 is 0 Å². The summed E-state index contributed by atoms with van der Waals surface area (Å²) in [6.07, 6.45) is 2.53. The summed E-state index contributed by atoms with van der Waals surface area (Å²) >= 11 is 0. The number of halogens is 1. The fourth-order valence-electron chi connectivity index (χ4n) is 3.62. The van der Waals surface area contributed by atoms with Crippen LogP contribution in [0, 0.1) is 11.7 Å². The van der Waals surface area contributed by atoms with Crippen molar-refractivity contribution in [2.24, 2.45) is 5.92 Å². The molecule has 0 saturated carbocycles. The lowest BCUT2D eigenvalue weighted by Crippen LogP contribution is -2.41. The van der Waals surface area contributed by atoms with Crippen LogP contribution in [0.3, 0.4) is 0 Å². The van der Waals surface area contributed by atoms with Gasteiger partial charge in [-0.3, -0.25) is 9.69 Å². The van der Waals surface area contributed by atoms with E-state index in [2.05, 4.69) is 29.3 Å². The molecule has 1 aliphatic heterocycles. The van der Waals surface area contributed by atoms with Crippen LogP contribution in [0.2, 0.25) is 0 Å². The maximum absolute atomic E-state index is 13.8. The Labute approximate surface area is 155 Å². The molecule has 4 heteroatoms. The molecule has 2 aromatic carbocycles. The number of rotatable bonds is 6. The standard InChI is InChI=1S/C22H27FN2O/c1-2-21(17-8-4-3-5-9-17)24-22(26)18-12-14-25(15-13-18)16-19-10-6-7-11-20(19)23/h3-11,18,21H,2,12-16H2,1H3,(H,24,26). The van der Waals surface area contributed by atoms with Gasteiger partial charge in [0, 0.05) is 18.0 Å². The number of hydrogen-bond donors (Lipinski definition) is 1. The summed E-state index contributed by atoms with van der Waals surface area (Å²) in [5.74, 6) is 0.0388. The zero-order valence-electron chi connectivity index (χ0n) is 15.3. The van der Waals surface area contributed by atoms with Gasteiger partial charge in [-0.25, -0.2) is 4.39 Å². The first-order valence-electron chi connectivity index (χ1n) is 9.48. The first-order chi connectivity index (χ1) is 12.7. The Hall–Kier alpha value is -2.20. The minimum atomic E-state index is -0.152. The molecule has 1 saturated heterocycles. The Morgan fingerprint density at radius 2 is 1.77 bits per heavy atom. The molecule has 3 rings (SSSR count). The predicted octanol–water partition coefficient (Wildman–Crippen LogP) is 4.31. The van der Waals surface area contributed by atoms with Gasteiger partial charge < -0.3 is 5.32 Å². The largest absolute Gasteiger partial charge is 0.349 e. The molecule has 138 valence electrons. The molecule has 0 bridgehead atoms. The minimum absolute atomic E-state index is 0.0460. The third kappa shape index (κ3) is 4.70. The van der Waals surface area contributed by atoms with E-state index in [1.807, 2.05) is 30.3 Å². The van der Waals surface area contributed by atoms with Crippen molar-refractivity contribution in [2.45, 2.75) is 38.8 Å². The van der Waals surface area contributed by atoms with Gasteiger partial charge in [0.15, 0.2) is 0 Å². The molecule has 3 nitrogen and oxygen atoms in total. The second kappa shape index (κ2) is 8.95. The maximum Gasteiger partial charge on any atom is 0.223 e. The number of piperidine rings is 1. The highest BCUT2D eigenvalue weighted by atomic mass is 19.1. The Balaban J connectivity index is 1.51. The highest BCUT2D eigenvalue weighted by Crippen LogP contribution is 2.22. The molecule has 0 aromatic heterocycles. The monoisotopic (exact) mass is 354 g/mol. The highest BCUT2D eigenvalue weighted by Gasteiger charge is 2.26. The van der Waals surface area contributed by atoms with E-state index in [1.165, 1.54) is 6.07 Å². The number of benzene rings is 2. The van der Waals surface area contributed by atoms with Crippen LogP contribution in [0.4, 0.5) is 4.39 Å². The molecule has 1 unspecified atom stereocenters. The maximum atomic E-state index is 13.8. The number of carbonyl (C=O) groups is 1. The normalized spacial score (nSPS) is 17.0. The average Bonchev–Trinajstić information content (AvgIpc) is 2.69. The van der Waals surface area contributed by atoms with Crippen molar-refractivity contribution >= 4 is 5.91 Å². The zero-order chi connectivity index (χ0) is 18.4. The molecule has 1 aliphatic rings. The average molecular weight is 354 g/mol. The van der Waals surface area contributed by atoms with E-state index in [4.69, 9.17) is 0 Å². The number of likely N-dealkylation sites (tertiary alicyclic amines) is 1. The Morgan fingerprint density at radius 1 is 1.12 bits per heavy atom. The van der Waals surface area contributed by atoms with Crippen molar-refractivity contribution in [1.82, 2.24) is 10.2 Å². The second-order valence-corrected chi connectivity index (χ2v) is 7.02. The lowest BCUT2D eigenvalue weighted by atomic mass is 9.94. The first-order valence-corrected chi connectivity index (χ1v) is 9.48. The topological polar surface area (TPSA) is 32.3 Å². The van der Waals surface area contributed by atoms with Gasteiger partial charge in [-0.15, -0.1) is 0 Å². The van der Waals surface area contributed by atoms with Crippen molar-refractivity contribution in [1.29, 1.82) is 0 Å². The summed E-state index contributed by atoms with van der Waals surface area (Å²) in [5, 5.41) is 3.21. The molecule has 1 N–H and O–H groups in total. The summed E-state index contributed by atoms with van der Waals surface area (Å²) in [4.78, 5) is 14.9. The van der Waals surface area contributed by atoms with Crippen LogP contribution in [0.15, 0.2) is 54.6 Å². The van der Waals surface area contributed by atoms with Gasteiger partial charge in [0.25, 0.3) is 0 Å². The molecule has 0 aliphatic carbocycles. The molecule has 1 atom stereocenters. The van der Waals surface area contributed by atoms with Gasteiger partial charge in [-0.1, -0.05) is 55.5 Å². The first kappa shape index (κ1) is 18.6. The quantitative estimate of drug-likeness (QED) is 0.839. The van der Waals surface area contributed by atoms with Crippen molar-refractivity contribution in [2.75, 3.05) is 13.1 Å². The summed E-state index contributed by atoms with van der Waals surface area (Å²) in [6, 6.07) is 17.1. The summed E-state index contributed by atoms with van der Waals surface area (Å²) < 4.78 is 13.8. The predicted molar refractivity (Wildman–Crippen MR) is 102 cm³/mol. The van der Waals surface area contributed by atoms with Gasteiger partial charge in [0.05, 0.1) is 6.04 Å². The summed E-state index contributed by atoms with van der Waals surface area (Å²) in [5.41, 5.74) is 1.88. The minimum Gasteiger partial charge on any atom is -0.349 e. The fourth-order valence-corrected chi connectivity index (χ4v) is 3.62. The number of carbonyl (C=O) groups excluding carboxylic acids is 1.